The maximum absolute atomic E-state index is 6.48. The second-order valence-electron chi connectivity index (χ2n) is 9.00. The molecule has 0 spiro atoms. The van der Waals surface area contributed by atoms with Gasteiger partial charge in [0.25, 0.3) is 0 Å². The minimum Gasteiger partial charge on any atom is -0.489 e. The number of hydrogen-bond acceptors (Lipinski definition) is 3. The van der Waals surface area contributed by atoms with Gasteiger partial charge < -0.3 is 10.1 Å². The van der Waals surface area contributed by atoms with Crippen LogP contribution in [0.2, 0.25) is 5.02 Å². The molecular weight excluding hydrogens is 399 g/mol. The van der Waals surface area contributed by atoms with Gasteiger partial charge in [0.05, 0.1) is 11.1 Å². The fourth-order valence-corrected chi connectivity index (χ4v) is 5.70. The Morgan fingerprint density at radius 1 is 0.966 bits per heavy atom. The zero-order chi connectivity index (χ0) is 20.1. The van der Waals surface area contributed by atoms with E-state index in [1.807, 2.05) is 6.07 Å². The van der Waals surface area contributed by atoms with Gasteiger partial charge in [-0.3, -0.25) is 4.90 Å². The van der Waals surface area contributed by atoms with Crippen molar-refractivity contribution >= 4 is 31.8 Å². The van der Waals surface area contributed by atoms with Gasteiger partial charge in [-0.15, -0.1) is 9.24 Å². The summed E-state index contributed by atoms with van der Waals surface area (Å²) in [5.74, 6) is 0.832. The van der Waals surface area contributed by atoms with Crippen LogP contribution < -0.4 is 15.4 Å². The Morgan fingerprint density at radius 2 is 1.69 bits per heavy atom. The summed E-state index contributed by atoms with van der Waals surface area (Å²) in [5, 5.41) is 5.54. The number of anilines is 1. The summed E-state index contributed by atoms with van der Waals surface area (Å²) in [4.78, 5) is 2.67. The van der Waals surface area contributed by atoms with Crippen molar-refractivity contribution in [3.05, 3.63) is 28.3 Å². The van der Waals surface area contributed by atoms with E-state index in [9.17, 15) is 0 Å². The standard InChI is InChI=1S/C24H36ClN2OP/c25-21-14-24(29)22(15-23(21)28-20-10-4-5-11-20)26-16-18-8-2-3-9-19(18)17-27-12-6-1-7-13-27/h14-15,20,26H,1-13,16-17,29H2. The van der Waals surface area contributed by atoms with Crippen LogP contribution in [0.25, 0.3) is 0 Å². The number of benzene rings is 1. The molecule has 0 amide bonds. The van der Waals surface area contributed by atoms with Crippen molar-refractivity contribution in [3.63, 3.8) is 0 Å². The van der Waals surface area contributed by atoms with Gasteiger partial charge in [-0.05, 0) is 88.7 Å². The molecule has 1 unspecified atom stereocenters. The highest BCUT2D eigenvalue weighted by Gasteiger charge is 2.20. The molecular formula is C24H36ClN2OP. The van der Waals surface area contributed by atoms with Crippen LogP contribution in [0.5, 0.6) is 5.75 Å². The number of hydrogen-bond donors (Lipinski definition) is 1. The summed E-state index contributed by atoms with van der Waals surface area (Å²) in [6, 6.07) is 4.12. The Hall–Kier alpha value is -0.760. The number of halogens is 1. The van der Waals surface area contributed by atoms with Gasteiger partial charge in [0.15, 0.2) is 0 Å². The quantitative estimate of drug-likeness (QED) is 0.425. The fourth-order valence-electron chi connectivity index (χ4n) is 5.02. The van der Waals surface area contributed by atoms with E-state index in [0.717, 1.165) is 41.2 Å². The van der Waals surface area contributed by atoms with Crippen LogP contribution in [0.1, 0.15) is 70.6 Å². The normalized spacial score (nSPS) is 21.6. The average Bonchev–Trinajstić information content (AvgIpc) is 3.24. The second kappa shape index (κ2) is 10.5. The molecule has 3 nitrogen and oxygen atoms in total. The predicted octanol–water partition coefficient (Wildman–Crippen LogP) is 5.93. The fraction of sp³-hybridized carbons (Fsp3) is 0.667. The first kappa shape index (κ1) is 21.5. The molecule has 1 aliphatic heterocycles. The number of likely N-dealkylation sites (tertiary alicyclic amines) is 1. The molecule has 3 aliphatic rings. The zero-order valence-corrected chi connectivity index (χ0v) is 19.6. The molecule has 5 heteroatoms. The first-order valence-corrected chi connectivity index (χ1v) is 12.6. The number of nitrogens with zero attached hydrogens (tertiary/aromatic N) is 1. The molecule has 1 N–H and O–H groups in total. The van der Waals surface area contributed by atoms with Crippen LogP contribution in [0, 0.1) is 0 Å². The third-order valence-electron chi connectivity index (χ3n) is 6.76. The van der Waals surface area contributed by atoms with Gasteiger partial charge in [0.2, 0.25) is 0 Å². The van der Waals surface area contributed by atoms with Gasteiger partial charge in [0, 0.05) is 24.8 Å². The molecule has 1 aromatic rings. The van der Waals surface area contributed by atoms with E-state index in [0.29, 0.717) is 6.10 Å². The van der Waals surface area contributed by atoms with E-state index in [-0.39, 0.29) is 0 Å². The van der Waals surface area contributed by atoms with Gasteiger partial charge in [-0.1, -0.05) is 29.2 Å². The van der Waals surface area contributed by atoms with Gasteiger partial charge in [0.1, 0.15) is 5.75 Å². The molecule has 2 fully saturated rings. The lowest BCUT2D eigenvalue weighted by Crippen LogP contribution is -2.32. The minimum absolute atomic E-state index is 0.327. The largest absolute Gasteiger partial charge is 0.489 e. The summed E-state index contributed by atoms with van der Waals surface area (Å²) in [6.07, 6.45) is 14.5. The molecule has 4 rings (SSSR count). The van der Waals surface area contributed by atoms with Gasteiger partial charge in [-0.25, -0.2) is 0 Å². The van der Waals surface area contributed by atoms with Crippen LogP contribution >= 0.6 is 20.8 Å². The van der Waals surface area contributed by atoms with Crippen LogP contribution in [0.15, 0.2) is 23.3 Å². The Kier molecular flexibility index (Phi) is 7.78. The molecule has 1 atom stereocenters. The highest BCUT2D eigenvalue weighted by Crippen LogP contribution is 2.33. The van der Waals surface area contributed by atoms with Crippen molar-refractivity contribution in [1.82, 2.24) is 4.90 Å². The predicted molar refractivity (Wildman–Crippen MR) is 128 cm³/mol. The third kappa shape index (κ3) is 5.90. The van der Waals surface area contributed by atoms with Gasteiger partial charge >= 0.3 is 0 Å². The lowest BCUT2D eigenvalue weighted by molar-refractivity contribution is 0.210. The van der Waals surface area contributed by atoms with E-state index in [2.05, 4.69) is 25.5 Å². The second-order valence-corrected chi connectivity index (χ2v) is 10.0. The van der Waals surface area contributed by atoms with E-state index < -0.39 is 0 Å². The maximum Gasteiger partial charge on any atom is 0.140 e. The summed E-state index contributed by atoms with van der Waals surface area (Å²) < 4.78 is 6.22. The van der Waals surface area contributed by atoms with Crippen LogP contribution in [0.4, 0.5) is 5.69 Å². The van der Waals surface area contributed by atoms with E-state index in [4.69, 9.17) is 16.3 Å². The Morgan fingerprint density at radius 3 is 2.45 bits per heavy atom. The molecule has 2 aliphatic carbocycles. The summed E-state index contributed by atoms with van der Waals surface area (Å²) >= 11 is 6.48. The zero-order valence-electron chi connectivity index (χ0n) is 17.6. The molecule has 0 radical (unpaired) electrons. The highest BCUT2D eigenvalue weighted by molar-refractivity contribution is 7.28. The van der Waals surface area contributed by atoms with Crippen LogP contribution in [0.3, 0.4) is 0 Å². The monoisotopic (exact) mass is 434 g/mol. The molecule has 29 heavy (non-hydrogen) atoms. The molecule has 1 aromatic carbocycles. The van der Waals surface area contributed by atoms with Crippen molar-refractivity contribution in [2.75, 3.05) is 31.5 Å². The highest BCUT2D eigenvalue weighted by atomic mass is 35.5. The Bertz CT molecular complexity index is 724. The first-order chi connectivity index (χ1) is 14.2. The van der Waals surface area contributed by atoms with Gasteiger partial charge in [-0.2, -0.15) is 0 Å². The molecule has 0 bridgehead atoms. The maximum atomic E-state index is 6.48. The summed E-state index contributed by atoms with van der Waals surface area (Å²) in [6.45, 7) is 4.68. The topological polar surface area (TPSA) is 24.5 Å². The Balaban J connectivity index is 1.43. The number of nitrogens with one attached hydrogen (secondary N) is 1. The third-order valence-corrected chi connectivity index (χ3v) is 7.54. The lowest BCUT2D eigenvalue weighted by Gasteiger charge is -2.30. The van der Waals surface area contributed by atoms with Crippen molar-refractivity contribution in [2.24, 2.45) is 0 Å². The Labute approximate surface area is 183 Å². The van der Waals surface area contributed by atoms with E-state index in [1.165, 1.54) is 77.4 Å². The minimum atomic E-state index is 0.327. The van der Waals surface area contributed by atoms with Crippen LogP contribution in [-0.4, -0.2) is 37.2 Å². The average molecular weight is 435 g/mol. The number of ether oxygens (including phenoxy) is 1. The summed E-state index contributed by atoms with van der Waals surface area (Å²) in [7, 11) is 2.83. The van der Waals surface area contributed by atoms with Crippen molar-refractivity contribution < 1.29 is 4.74 Å². The molecule has 1 heterocycles. The number of piperidine rings is 1. The smallest absolute Gasteiger partial charge is 0.140 e. The van der Waals surface area contributed by atoms with Crippen molar-refractivity contribution in [2.45, 2.75) is 76.7 Å². The molecule has 1 saturated heterocycles. The molecule has 1 saturated carbocycles. The lowest BCUT2D eigenvalue weighted by atomic mass is 9.90. The van der Waals surface area contributed by atoms with E-state index in [1.54, 1.807) is 11.1 Å². The molecule has 160 valence electrons. The van der Waals surface area contributed by atoms with E-state index >= 15 is 0 Å². The number of rotatable bonds is 7. The SMILES string of the molecule is Pc1cc(Cl)c(OC2CCCC2)cc1NCC1=C(CN2CCCCC2)CCCC1. The van der Waals surface area contributed by atoms with Crippen molar-refractivity contribution in [1.29, 1.82) is 0 Å². The molecule has 0 aromatic heterocycles. The van der Waals surface area contributed by atoms with Crippen molar-refractivity contribution in [3.8, 4) is 5.75 Å². The summed E-state index contributed by atoms with van der Waals surface area (Å²) in [5.41, 5.74) is 4.44. The first-order valence-electron chi connectivity index (χ1n) is 11.6. The van der Waals surface area contributed by atoms with Crippen LogP contribution in [-0.2, 0) is 0 Å².